The molecule has 0 amide bonds. The quantitative estimate of drug-likeness (QED) is 0.499. The fourth-order valence-electron chi connectivity index (χ4n) is 3.47. The molecule has 2 aromatic carbocycles. The summed E-state index contributed by atoms with van der Waals surface area (Å²) in [5.41, 5.74) is 1.31. The molecule has 4 aromatic rings. The maximum absolute atomic E-state index is 13.0. The van der Waals surface area contributed by atoms with Gasteiger partial charge in [-0.1, -0.05) is 68.1 Å². The summed E-state index contributed by atoms with van der Waals surface area (Å²) in [7, 11) is 3.16. The van der Waals surface area contributed by atoms with Crippen molar-refractivity contribution in [1.82, 2.24) is 18.7 Å². The number of rotatable bonds is 4. The lowest BCUT2D eigenvalue weighted by molar-refractivity contribution is 0.697. The highest BCUT2D eigenvalue weighted by atomic mass is 32.2. The fourth-order valence-corrected chi connectivity index (χ4v) is 4.32. The second-order valence-corrected chi connectivity index (χ2v) is 8.71. The van der Waals surface area contributed by atoms with E-state index in [4.69, 9.17) is 0 Å². The van der Waals surface area contributed by atoms with Crippen LogP contribution >= 0.6 is 11.8 Å². The Hall–Kier alpha value is -2.80. The molecule has 144 valence electrons. The zero-order valence-electron chi connectivity index (χ0n) is 16.3. The van der Waals surface area contributed by atoms with Crippen LogP contribution in [0.3, 0.4) is 0 Å². The van der Waals surface area contributed by atoms with Crippen LogP contribution in [0.5, 0.6) is 0 Å². The minimum Gasteiger partial charge on any atom is -0.309 e. The molecule has 0 spiro atoms. The normalized spacial score (nSPS) is 11.8. The van der Waals surface area contributed by atoms with E-state index in [1.807, 2.05) is 22.8 Å². The lowest BCUT2D eigenvalue weighted by Crippen LogP contribution is -2.37. The minimum absolute atomic E-state index is 0.295. The maximum Gasteiger partial charge on any atom is 0.332 e. The van der Waals surface area contributed by atoms with Crippen LogP contribution in [0.25, 0.3) is 21.9 Å². The first-order chi connectivity index (χ1) is 13.4. The highest BCUT2D eigenvalue weighted by molar-refractivity contribution is 7.99. The van der Waals surface area contributed by atoms with Crippen LogP contribution in [0.2, 0.25) is 0 Å². The van der Waals surface area contributed by atoms with Crippen molar-refractivity contribution < 1.29 is 0 Å². The summed E-state index contributed by atoms with van der Waals surface area (Å²) in [4.78, 5) is 30.0. The van der Waals surface area contributed by atoms with Gasteiger partial charge in [-0.3, -0.25) is 13.9 Å². The molecule has 2 heterocycles. The first-order valence-corrected chi connectivity index (χ1v) is 10.1. The second kappa shape index (κ2) is 6.98. The van der Waals surface area contributed by atoms with Crippen LogP contribution in [-0.2, 0) is 20.6 Å². The molecule has 0 aliphatic heterocycles. The highest BCUT2D eigenvalue weighted by Gasteiger charge is 2.20. The molecule has 0 saturated carbocycles. The summed E-state index contributed by atoms with van der Waals surface area (Å²) in [5.74, 6) is 0. The number of hydrogen-bond donors (Lipinski definition) is 0. The highest BCUT2D eigenvalue weighted by Crippen LogP contribution is 2.28. The van der Waals surface area contributed by atoms with Crippen LogP contribution < -0.4 is 11.2 Å². The number of imidazole rings is 1. The Morgan fingerprint density at radius 1 is 1.00 bits per heavy atom. The molecule has 0 N–H and O–H groups in total. The Bertz CT molecular complexity index is 1310. The summed E-state index contributed by atoms with van der Waals surface area (Å²) in [6.07, 6.45) is 0. The topological polar surface area (TPSA) is 61.8 Å². The lowest BCUT2D eigenvalue weighted by atomic mass is 10.0. The zero-order valence-corrected chi connectivity index (χ0v) is 17.2. The third kappa shape index (κ3) is 2.96. The van der Waals surface area contributed by atoms with Crippen LogP contribution in [0.4, 0.5) is 0 Å². The van der Waals surface area contributed by atoms with Crippen molar-refractivity contribution in [3.63, 3.8) is 0 Å². The third-order valence-electron chi connectivity index (χ3n) is 4.86. The molecule has 0 atom stereocenters. The lowest BCUT2D eigenvalue weighted by Gasteiger charge is -2.12. The Morgan fingerprint density at radius 3 is 2.46 bits per heavy atom. The standard InChI is InChI=1S/C21H22N4O2S/c1-13(2)28-20-22-18-17(19(26)24(4)21(27)23(18)3)25(20)12-15-10-7-9-14-8-5-6-11-16(14)15/h5-11,13H,12H2,1-4H3. The van der Waals surface area contributed by atoms with E-state index in [0.717, 1.165) is 26.1 Å². The molecule has 4 rings (SSSR count). The van der Waals surface area contributed by atoms with E-state index < -0.39 is 0 Å². The summed E-state index contributed by atoms with van der Waals surface area (Å²) < 4.78 is 4.54. The van der Waals surface area contributed by atoms with Crippen LogP contribution in [0, 0.1) is 0 Å². The SMILES string of the molecule is CC(C)Sc1nc2c(c(=O)n(C)c(=O)n2C)n1Cc1cccc2ccccc12. The first-order valence-electron chi connectivity index (χ1n) is 9.18. The van der Waals surface area contributed by atoms with Crippen LogP contribution in [-0.4, -0.2) is 23.9 Å². The van der Waals surface area contributed by atoms with Crippen LogP contribution in [0.15, 0.2) is 57.2 Å². The maximum atomic E-state index is 13.0. The molecule has 0 fully saturated rings. The molecule has 0 radical (unpaired) electrons. The number of nitrogens with zero attached hydrogens (tertiary/aromatic N) is 4. The van der Waals surface area contributed by atoms with Gasteiger partial charge in [-0.15, -0.1) is 0 Å². The molecule has 28 heavy (non-hydrogen) atoms. The van der Waals surface area contributed by atoms with Crippen molar-refractivity contribution in [2.24, 2.45) is 14.1 Å². The first kappa shape index (κ1) is 18.6. The van der Waals surface area contributed by atoms with Gasteiger partial charge in [0, 0.05) is 19.3 Å². The third-order valence-corrected chi connectivity index (χ3v) is 5.86. The van der Waals surface area contributed by atoms with E-state index in [2.05, 4.69) is 43.1 Å². The number of aromatic nitrogens is 4. The van der Waals surface area contributed by atoms with E-state index in [9.17, 15) is 9.59 Å². The van der Waals surface area contributed by atoms with E-state index in [1.54, 1.807) is 18.8 Å². The van der Waals surface area contributed by atoms with Gasteiger partial charge in [-0.2, -0.15) is 0 Å². The Morgan fingerprint density at radius 2 is 1.71 bits per heavy atom. The van der Waals surface area contributed by atoms with Crippen molar-refractivity contribution in [1.29, 1.82) is 0 Å². The van der Waals surface area contributed by atoms with Gasteiger partial charge in [-0.25, -0.2) is 9.78 Å². The number of thioether (sulfide) groups is 1. The monoisotopic (exact) mass is 394 g/mol. The van der Waals surface area contributed by atoms with Crippen molar-refractivity contribution in [3.05, 3.63) is 68.9 Å². The van der Waals surface area contributed by atoms with Gasteiger partial charge in [0.1, 0.15) is 0 Å². The molecule has 0 saturated heterocycles. The minimum atomic E-state index is -0.367. The number of benzene rings is 2. The summed E-state index contributed by atoms with van der Waals surface area (Å²) in [5, 5.41) is 3.34. The Labute approximate surface area is 166 Å². The number of hydrogen-bond acceptors (Lipinski definition) is 4. The number of fused-ring (bicyclic) bond motifs is 2. The van der Waals surface area contributed by atoms with Crippen molar-refractivity contribution >= 4 is 33.7 Å². The molecular weight excluding hydrogens is 372 g/mol. The largest absolute Gasteiger partial charge is 0.332 e. The number of aryl methyl sites for hydroxylation is 1. The van der Waals surface area contributed by atoms with Gasteiger partial charge in [0.15, 0.2) is 16.3 Å². The molecular formula is C21H22N4O2S. The molecule has 0 aliphatic rings. The fraction of sp³-hybridized carbons (Fsp3) is 0.286. The molecule has 6 nitrogen and oxygen atoms in total. The van der Waals surface area contributed by atoms with Crippen molar-refractivity contribution in [2.45, 2.75) is 30.8 Å². The Kier molecular flexibility index (Phi) is 4.63. The predicted molar refractivity (Wildman–Crippen MR) is 114 cm³/mol. The summed E-state index contributed by atoms with van der Waals surface area (Å²) >= 11 is 1.59. The van der Waals surface area contributed by atoms with Crippen molar-refractivity contribution in [3.8, 4) is 0 Å². The van der Waals surface area contributed by atoms with Gasteiger partial charge < -0.3 is 4.57 Å². The smallest absolute Gasteiger partial charge is 0.309 e. The average molecular weight is 395 g/mol. The van der Waals surface area contributed by atoms with E-state index in [0.29, 0.717) is 23.0 Å². The van der Waals surface area contributed by atoms with E-state index in [1.165, 1.54) is 11.6 Å². The second-order valence-electron chi connectivity index (χ2n) is 7.16. The van der Waals surface area contributed by atoms with Gasteiger partial charge in [0.25, 0.3) is 5.56 Å². The molecule has 0 unspecified atom stereocenters. The Balaban J connectivity index is 2.01. The van der Waals surface area contributed by atoms with Gasteiger partial charge in [0.05, 0.1) is 6.54 Å². The van der Waals surface area contributed by atoms with E-state index >= 15 is 0 Å². The van der Waals surface area contributed by atoms with Crippen LogP contribution in [0.1, 0.15) is 19.4 Å². The average Bonchev–Trinajstić information content (AvgIpc) is 3.02. The summed E-state index contributed by atoms with van der Waals surface area (Å²) in [6, 6.07) is 14.4. The zero-order chi connectivity index (χ0) is 20.0. The predicted octanol–water partition coefficient (Wildman–Crippen LogP) is 3.14. The molecule has 0 aliphatic carbocycles. The van der Waals surface area contributed by atoms with E-state index in [-0.39, 0.29) is 11.2 Å². The molecule has 2 aromatic heterocycles. The molecule has 0 bridgehead atoms. The summed E-state index contributed by atoms with van der Waals surface area (Å²) in [6.45, 7) is 4.69. The molecule has 7 heteroatoms. The van der Waals surface area contributed by atoms with Gasteiger partial charge >= 0.3 is 5.69 Å². The van der Waals surface area contributed by atoms with Gasteiger partial charge in [0.2, 0.25) is 0 Å². The van der Waals surface area contributed by atoms with Crippen molar-refractivity contribution in [2.75, 3.05) is 0 Å². The van der Waals surface area contributed by atoms with Gasteiger partial charge in [-0.05, 0) is 16.3 Å².